The van der Waals surface area contributed by atoms with Crippen molar-refractivity contribution in [2.75, 3.05) is 0 Å². The van der Waals surface area contributed by atoms with Gasteiger partial charge in [0, 0.05) is 22.2 Å². The van der Waals surface area contributed by atoms with Crippen LogP contribution in [0, 0.1) is 13.8 Å². The van der Waals surface area contributed by atoms with Crippen LogP contribution in [0.5, 0.6) is 0 Å². The van der Waals surface area contributed by atoms with Crippen molar-refractivity contribution in [1.29, 1.82) is 0 Å². The molecule has 0 aliphatic rings. The summed E-state index contributed by atoms with van der Waals surface area (Å²) in [6.45, 7) is 6.15. The molecule has 0 amide bonds. The van der Waals surface area contributed by atoms with Gasteiger partial charge in [-0.05, 0) is 79.8 Å². The Hall–Kier alpha value is -3.34. The zero-order chi connectivity index (χ0) is 23.8. The van der Waals surface area contributed by atoms with Gasteiger partial charge in [0.15, 0.2) is 0 Å². The zero-order valence-electron chi connectivity index (χ0n) is 19.0. The molecule has 170 valence electrons. The molecule has 0 saturated carbocycles. The quantitative estimate of drug-likeness (QED) is 0.303. The van der Waals surface area contributed by atoms with Gasteiger partial charge in [0.1, 0.15) is 0 Å². The Kier molecular flexibility index (Phi) is 6.15. The second-order valence-corrected chi connectivity index (χ2v) is 8.46. The molecule has 0 fully saturated rings. The van der Waals surface area contributed by atoms with Gasteiger partial charge in [0.25, 0.3) is 5.91 Å². The molecule has 33 heavy (non-hydrogen) atoms. The zero-order valence-corrected chi connectivity index (χ0v) is 19.0. The van der Waals surface area contributed by atoms with Gasteiger partial charge < -0.3 is 0 Å². The first-order valence-corrected chi connectivity index (χ1v) is 11.1. The summed E-state index contributed by atoms with van der Waals surface area (Å²) < 4.78 is 40.8. The van der Waals surface area contributed by atoms with Gasteiger partial charge in [-0.3, -0.25) is 9.36 Å². The summed E-state index contributed by atoms with van der Waals surface area (Å²) in [6, 6.07) is 18.6. The highest BCUT2D eigenvalue weighted by Crippen LogP contribution is 2.38. The third kappa shape index (κ3) is 4.32. The van der Waals surface area contributed by atoms with E-state index in [1.54, 1.807) is 4.57 Å². The number of nitrogens with zero attached hydrogens (tertiary/aromatic N) is 1. The molecule has 0 atom stereocenters. The lowest BCUT2D eigenvalue weighted by Crippen LogP contribution is -2.16. The van der Waals surface area contributed by atoms with Crippen molar-refractivity contribution in [2.45, 2.75) is 46.2 Å². The van der Waals surface area contributed by atoms with Gasteiger partial charge in [-0.2, -0.15) is 13.2 Å². The van der Waals surface area contributed by atoms with Gasteiger partial charge in [-0.25, -0.2) is 0 Å². The number of halogens is 3. The fourth-order valence-electron chi connectivity index (χ4n) is 4.27. The van der Waals surface area contributed by atoms with Crippen molar-refractivity contribution in [3.8, 4) is 11.1 Å². The smallest absolute Gasteiger partial charge is 0.280 e. The average Bonchev–Trinajstić information content (AvgIpc) is 3.10. The van der Waals surface area contributed by atoms with E-state index in [1.807, 2.05) is 50.2 Å². The number of aromatic nitrogens is 1. The summed E-state index contributed by atoms with van der Waals surface area (Å²) in [6.07, 6.45) is -1.89. The average molecular weight is 450 g/mol. The molecule has 1 aromatic heterocycles. The summed E-state index contributed by atoms with van der Waals surface area (Å²) in [7, 11) is 0. The molecule has 0 unspecified atom stereocenters. The fraction of sp³-hybridized carbons (Fsp3) is 0.250. The van der Waals surface area contributed by atoms with E-state index in [4.69, 9.17) is 0 Å². The van der Waals surface area contributed by atoms with Gasteiger partial charge in [-0.1, -0.05) is 43.7 Å². The van der Waals surface area contributed by atoms with Crippen molar-refractivity contribution in [3.63, 3.8) is 0 Å². The number of alkyl halides is 3. The summed E-state index contributed by atoms with van der Waals surface area (Å²) in [5, 5.41) is 0.982. The van der Waals surface area contributed by atoms with E-state index in [9.17, 15) is 18.0 Å². The number of fused-ring (bicyclic) bond motifs is 1. The Morgan fingerprint density at radius 3 is 2.15 bits per heavy atom. The van der Waals surface area contributed by atoms with Crippen LogP contribution in [0.15, 0.2) is 66.7 Å². The molecule has 4 aromatic rings. The first-order chi connectivity index (χ1) is 15.7. The Morgan fingerprint density at radius 2 is 1.55 bits per heavy atom. The van der Waals surface area contributed by atoms with E-state index < -0.39 is 11.7 Å². The van der Waals surface area contributed by atoms with Crippen LogP contribution >= 0.6 is 0 Å². The lowest BCUT2D eigenvalue weighted by atomic mass is 9.97. The predicted molar refractivity (Wildman–Crippen MR) is 127 cm³/mol. The number of rotatable bonds is 5. The lowest BCUT2D eigenvalue weighted by Gasteiger charge is -2.13. The van der Waals surface area contributed by atoms with Crippen LogP contribution in [-0.2, 0) is 12.6 Å². The first kappa shape index (κ1) is 22.8. The maximum absolute atomic E-state index is 13.7. The molecule has 0 saturated heterocycles. The number of hydrogen-bond donors (Lipinski definition) is 0. The van der Waals surface area contributed by atoms with Gasteiger partial charge in [-0.15, -0.1) is 0 Å². The minimum Gasteiger partial charge on any atom is -0.280 e. The van der Waals surface area contributed by atoms with Crippen molar-refractivity contribution >= 4 is 16.8 Å². The van der Waals surface area contributed by atoms with E-state index >= 15 is 0 Å². The molecular formula is C28H26F3NO. The van der Waals surface area contributed by atoms with Crippen LogP contribution in [0.2, 0.25) is 0 Å². The number of benzene rings is 3. The first-order valence-electron chi connectivity index (χ1n) is 11.1. The molecule has 4 rings (SSSR count). The normalized spacial score (nSPS) is 11.8. The molecule has 0 N–H and O–H groups in total. The maximum atomic E-state index is 13.7. The predicted octanol–water partition coefficient (Wildman–Crippen LogP) is 7.98. The topological polar surface area (TPSA) is 22.0 Å². The Morgan fingerprint density at radius 1 is 0.909 bits per heavy atom. The monoisotopic (exact) mass is 449 g/mol. The number of aryl methyl sites for hydroxylation is 2. The molecule has 5 heteroatoms. The molecule has 0 aliphatic carbocycles. The number of hydrogen-bond acceptors (Lipinski definition) is 1. The van der Waals surface area contributed by atoms with Crippen molar-refractivity contribution in [3.05, 3.63) is 94.7 Å². The summed E-state index contributed by atoms with van der Waals surface area (Å²) in [4.78, 5) is 13.7. The summed E-state index contributed by atoms with van der Waals surface area (Å²) in [5.41, 5.74) is 5.37. The Bertz CT molecular complexity index is 1300. The molecule has 0 radical (unpaired) electrons. The number of unbranched alkanes of at least 4 members (excludes halogenated alkanes) is 1. The number of carbonyl (C=O) groups is 1. The second-order valence-electron chi connectivity index (χ2n) is 8.46. The van der Waals surface area contributed by atoms with Crippen LogP contribution in [0.1, 0.15) is 52.5 Å². The number of carbonyl (C=O) groups excluding carboxylic acids is 1. The molecule has 3 aromatic carbocycles. The second kappa shape index (κ2) is 8.89. The van der Waals surface area contributed by atoms with Gasteiger partial charge in [0.05, 0.1) is 11.1 Å². The van der Waals surface area contributed by atoms with Gasteiger partial charge in [0.2, 0.25) is 0 Å². The van der Waals surface area contributed by atoms with Crippen LogP contribution in [0.25, 0.3) is 22.0 Å². The highest BCUT2D eigenvalue weighted by Gasteiger charge is 2.31. The van der Waals surface area contributed by atoms with Crippen LogP contribution in [-0.4, -0.2) is 10.5 Å². The molecule has 0 spiro atoms. The third-order valence-corrected chi connectivity index (χ3v) is 6.17. The van der Waals surface area contributed by atoms with Crippen LogP contribution in [0.4, 0.5) is 13.2 Å². The van der Waals surface area contributed by atoms with Crippen molar-refractivity contribution < 1.29 is 18.0 Å². The van der Waals surface area contributed by atoms with Crippen LogP contribution in [0.3, 0.4) is 0 Å². The molecule has 1 heterocycles. The highest BCUT2D eigenvalue weighted by atomic mass is 19.4. The van der Waals surface area contributed by atoms with E-state index in [2.05, 4.69) is 13.0 Å². The van der Waals surface area contributed by atoms with E-state index in [0.29, 0.717) is 6.42 Å². The van der Waals surface area contributed by atoms with Crippen molar-refractivity contribution in [2.24, 2.45) is 0 Å². The molecular weight excluding hydrogens is 423 g/mol. The molecule has 2 nitrogen and oxygen atoms in total. The van der Waals surface area contributed by atoms with Gasteiger partial charge >= 0.3 is 6.18 Å². The van der Waals surface area contributed by atoms with E-state index in [1.165, 1.54) is 12.1 Å². The maximum Gasteiger partial charge on any atom is 0.416 e. The summed E-state index contributed by atoms with van der Waals surface area (Å²) in [5.74, 6) is -0.315. The molecule has 0 bridgehead atoms. The van der Waals surface area contributed by atoms with Crippen LogP contribution < -0.4 is 0 Å². The minimum atomic E-state index is -4.44. The highest BCUT2D eigenvalue weighted by molar-refractivity contribution is 6.08. The van der Waals surface area contributed by atoms with Crippen molar-refractivity contribution in [1.82, 2.24) is 4.57 Å². The lowest BCUT2D eigenvalue weighted by molar-refractivity contribution is -0.137. The fourth-order valence-corrected chi connectivity index (χ4v) is 4.27. The largest absolute Gasteiger partial charge is 0.416 e. The Labute approximate surface area is 191 Å². The minimum absolute atomic E-state index is 0.232. The molecule has 0 aliphatic heterocycles. The van der Waals surface area contributed by atoms with E-state index in [0.717, 1.165) is 63.8 Å². The Balaban J connectivity index is 1.98. The summed E-state index contributed by atoms with van der Waals surface area (Å²) >= 11 is 0. The van der Waals surface area contributed by atoms with E-state index in [-0.39, 0.29) is 11.5 Å². The SMILES string of the molecule is CCCCc1c(-c2ccccc2)c2cc(C)c(C)cc2n1C(=O)c1ccc(C(F)(F)F)cc1. The third-order valence-electron chi connectivity index (χ3n) is 6.17. The standard InChI is InChI=1S/C28H26F3NO/c1-4-5-11-24-26(20-9-7-6-8-10-20)23-16-18(2)19(3)17-25(23)32(24)27(33)21-12-14-22(15-13-21)28(29,30)31/h6-10,12-17H,4-5,11H2,1-3H3.